The summed E-state index contributed by atoms with van der Waals surface area (Å²) in [5.74, 6) is 1.10. The van der Waals surface area contributed by atoms with Crippen LogP contribution in [0.25, 0.3) is 22.5 Å². The highest BCUT2D eigenvalue weighted by atomic mass is 16.1. The number of hydrogen-bond donors (Lipinski definition) is 1. The molecule has 1 saturated heterocycles. The number of likely N-dealkylation sites (N-methyl/N-ethyl adjacent to an activating group) is 1. The summed E-state index contributed by atoms with van der Waals surface area (Å²) in [4.78, 5) is 29.3. The van der Waals surface area contributed by atoms with Gasteiger partial charge in [-0.05, 0) is 98.4 Å². The summed E-state index contributed by atoms with van der Waals surface area (Å²) < 4.78 is 1.77. The van der Waals surface area contributed by atoms with Gasteiger partial charge in [0.25, 0.3) is 5.91 Å². The maximum atomic E-state index is 13.2. The van der Waals surface area contributed by atoms with Gasteiger partial charge in [0.2, 0.25) is 0 Å². The summed E-state index contributed by atoms with van der Waals surface area (Å²) in [5.41, 5.74) is 8.31. The van der Waals surface area contributed by atoms with E-state index in [9.17, 15) is 4.79 Å². The number of rotatable bonds is 7. The molecule has 4 heterocycles. The molecular formula is C34H35N7O. The van der Waals surface area contributed by atoms with Crippen LogP contribution in [-0.4, -0.2) is 55.7 Å². The van der Waals surface area contributed by atoms with Crippen LogP contribution in [0.1, 0.15) is 51.6 Å². The van der Waals surface area contributed by atoms with Gasteiger partial charge in [-0.2, -0.15) is 5.10 Å². The SMILES string of the molecule is Cc1ccc(C(=O)Nc2ccc(C3CCCN(C)C3)cc2)cc1Cc1nccc(-c2cncc(-c3ccn(C)n3)c2)n1. The van der Waals surface area contributed by atoms with Gasteiger partial charge in [-0.25, -0.2) is 9.97 Å². The highest BCUT2D eigenvalue weighted by molar-refractivity contribution is 6.04. The van der Waals surface area contributed by atoms with Crippen LogP contribution >= 0.6 is 0 Å². The number of benzene rings is 2. The first-order valence-electron chi connectivity index (χ1n) is 14.4. The van der Waals surface area contributed by atoms with Gasteiger partial charge in [-0.3, -0.25) is 14.5 Å². The predicted molar refractivity (Wildman–Crippen MR) is 165 cm³/mol. The minimum atomic E-state index is -0.131. The van der Waals surface area contributed by atoms with Gasteiger partial charge in [0.05, 0.1) is 11.4 Å². The van der Waals surface area contributed by atoms with Crippen molar-refractivity contribution in [1.29, 1.82) is 0 Å². The molecule has 8 nitrogen and oxygen atoms in total. The fourth-order valence-corrected chi connectivity index (χ4v) is 5.59. The third-order valence-corrected chi connectivity index (χ3v) is 7.97. The zero-order valence-corrected chi connectivity index (χ0v) is 24.3. The molecule has 0 bridgehead atoms. The first-order chi connectivity index (χ1) is 20.4. The maximum absolute atomic E-state index is 13.2. The molecule has 0 aliphatic carbocycles. The van der Waals surface area contributed by atoms with Gasteiger partial charge in [0.15, 0.2) is 0 Å². The molecule has 1 unspecified atom stereocenters. The number of hydrogen-bond acceptors (Lipinski definition) is 6. The Kier molecular flexibility index (Phi) is 7.88. The van der Waals surface area contributed by atoms with Crippen molar-refractivity contribution in [2.75, 3.05) is 25.5 Å². The van der Waals surface area contributed by atoms with Crippen LogP contribution in [0, 0.1) is 6.92 Å². The summed E-state index contributed by atoms with van der Waals surface area (Å²) in [6, 6.07) is 20.0. The lowest BCUT2D eigenvalue weighted by Crippen LogP contribution is -2.30. The molecule has 5 aromatic rings. The number of nitrogens with one attached hydrogen (secondary N) is 1. The molecule has 212 valence electrons. The average molecular weight is 558 g/mol. The number of piperidine rings is 1. The molecule has 0 saturated carbocycles. The van der Waals surface area contributed by atoms with E-state index in [0.29, 0.717) is 23.7 Å². The van der Waals surface area contributed by atoms with E-state index < -0.39 is 0 Å². The van der Waals surface area contributed by atoms with E-state index in [1.165, 1.54) is 24.9 Å². The minimum Gasteiger partial charge on any atom is -0.322 e. The second-order valence-corrected chi connectivity index (χ2v) is 11.2. The summed E-state index contributed by atoms with van der Waals surface area (Å²) in [5, 5.41) is 7.55. The number of aromatic nitrogens is 5. The Bertz CT molecular complexity index is 1710. The zero-order valence-electron chi connectivity index (χ0n) is 24.3. The first kappa shape index (κ1) is 27.5. The molecule has 0 spiro atoms. The molecule has 8 heteroatoms. The number of aryl methyl sites for hydroxylation is 2. The molecule has 3 aromatic heterocycles. The van der Waals surface area contributed by atoms with Crippen LogP contribution in [0.15, 0.2) is 85.5 Å². The van der Waals surface area contributed by atoms with Gasteiger partial charge in [0.1, 0.15) is 5.82 Å². The van der Waals surface area contributed by atoms with Gasteiger partial charge >= 0.3 is 0 Å². The molecular weight excluding hydrogens is 522 g/mol. The number of pyridine rings is 1. The van der Waals surface area contributed by atoms with E-state index in [0.717, 1.165) is 45.9 Å². The smallest absolute Gasteiger partial charge is 0.255 e. The molecule has 1 N–H and O–H groups in total. The minimum absolute atomic E-state index is 0.131. The van der Waals surface area contributed by atoms with E-state index >= 15 is 0 Å². The highest BCUT2D eigenvalue weighted by Crippen LogP contribution is 2.28. The van der Waals surface area contributed by atoms with Crippen LogP contribution in [0.4, 0.5) is 5.69 Å². The fraction of sp³-hybridized carbons (Fsp3) is 0.265. The number of amides is 1. The molecule has 1 amide bonds. The lowest BCUT2D eigenvalue weighted by Gasteiger charge is -2.30. The third kappa shape index (κ3) is 6.29. The van der Waals surface area contributed by atoms with Crippen molar-refractivity contribution in [3.05, 3.63) is 114 Å². The maximum Gasteiger partial charge on any atom is 0.255 e. The number of anilines is 1. The molecule has 1 atom stereocenters. The Balaban J connectivity index is 1.16. The summed E-state index contributed by atoms with van der Waals surface area (Å²) in [6.45, 7) is 4.29. The van der Waals surface area contributed by atoms with Crippen LogP contribution in [0.5, 0.6) is 0 Å². The molecule has 1 aliphatic heterocycles. The predicted octanol–water partition coefficient (Wildman–Crippen LogP) is 5.90. The normalized spacial score (nSPS) is 15.5. The Labute approximate surface area is 246 Å². The number of nitrogens with zero attached hydrogens (tertiary/aromatic N) is 6. The quantitative estimate of drug-likeness (QED) is 0.268. The molecule has 0 radical (unpaired) electrons. The first-order valence-corrected chi connectivity index (χ1v) is 14.4. The third-order valence-electron chi connectivity index (χ3n) is 7.97. The van der Waals surface area contributed by atoms with Gasteiger partial charge in [0, 0.05) is 67.2 Å². The largest absolute Gasteiger partial charge is 0.322 e. The Hall–Kier alpha value is -4.69. The number of likely N-dealkylation sites (tertiary alicyclic amines) is 1. The Morgan fingerprint density at radius 2 is 1.79 bits per heavy atom. The lowest BCUT2D eigenvalue weighted by atomic mass is 9.91. The van der Waals surface area contributed by atoms with Crippen molar-refractivity contribution < 1.29 is 4.79 Å². The molecule has 1 aliphatic rings. The van der Waals surface area contributed by atoms with Gasteiger partial charge < -0.3 is 10.2 Å². The van der Waals surface area contributed by atoms with Gasteiger partial charge in [-0.15, -0.1) is 0 Å². The number of carbonyl (C=O) groups is 1. The standard InChI is InChI=1S/C34H35N7O/c1-23-6-7-25(34(42)37-30-10-8-24(9-11-30)26-5-4-15-40(2)22-26)17-27(23)19-33-36-14-12-31(38-33)28-18-29(21-35-20-28)32-13-16-41(3)39-32/h6-14,16-18,20-21,26H,4-5,15,19,22H2,1-3H3,(H,37,42). The van der Waals surface area contributed by atoms with Crippen LogP contribution in [0.2, 0.25) is 0 Å². The van der Waals surface area contributed by atoms with E-state index in [2.05, 4.69) is 44.5 Å². The Morgan fingerprint density at radius 3 is 2.55 bits per heavy atom. The lowest BCUT2D eigenvalue weighted by molar-refractivity contribution is 0.102. The van der Waals surface area contributed by atoms with Crippen LogP contribution < -0.4 is 5.32 Å². The monoisotopic (exact) mass is 557 g/mol. The van der Waals surface area contributed by atoms with Crippen molar-refractivity contribution in [3.8, 4) is 22.5 Å². The van der Waals surface area contributed by atoms with E-state index in [1.807, 2.05) is 68.7 Å². The molecule has 2 aromatic carbocycles. The molecule has 42 heavy (non-hydrogen) atoms. The van der Waals surface area contributed by atoms with Crippen molar-refractivity contribution in [1.82, 2.24) is 29.6 Å². The average Bonchev–Trinajstić information content (AvgIpc) is 3.45. The summed E-state index contributed by atoms with van der Waals surface area (Å²) in [6.07, 6.45) is 10.2. The number of carbonyl (C=O) groups excluding carboxylic acids is 1. The topological polar surface area (TPSA) is 88.8 Å². The van der Waals surface area contributed by atoms with Crippen molar-refractivity contribution in [2.24, 2.45) is 7.05 Å². The Morgan fingerprint density at radius 1 is 0.976 bits per heavy atom. The van der Waals surface area contributed by atoms with Crippen molar-refractivity contribution in [3.63, 3.8) is 0 Å². The second-order valence-electron chi connectivity index (χ2n) is 11.2. The second kappa shape index (κ2) is 12.0. The zero-order chi connectivity index (χ0) is 29.1. The van der Waals surface area contributed by atoms with Crippen LogP contribution in [-0.2, 0) is 13.5 Å². The van der Waals surface area contributed by atoms with E-state index in [-0.39, 0.29) is 5.91 Å². The van der Waals surface area contributed by atoms with Crippen molar-refractivity contribution in [2.45, 2.75) is 32.1 Å². The van der Waals surface area contributed by atoms with Crippen LogP contribution in [0.3, 0.4) is 0 Å². The molecule has 6 rings (SSSR count). The van der Waals surface area contributed by atoms with E-state index in [1.54, 1.807) is 23.3 Å². The van der Waals surface area contributed by atoms with E-state index in [4.69, 9.17) is 4.98 Å². The fourth-order valence-electron chi connectivity index (χ4n) is 5.59. The molecule has 1 fully saturated rings. The highest BCUT2D eigenvalue weighted by Gasteiger charge is 2.19. The van der Waals surface area contributed by atoms with Gasteiger partial charge in [-0.1, -0.05) is 18.2 Å². The summed E-state index contributed by atoms with van der Waals surface area (Å²) in [7, 11) is 4.08. The summed E-state index contributed by atoms with van der Waals surface area (Å²) >= 11 is 0. The van der Waals surface area contributed by atoms with Crippen molar-refractivity contribution >= 4 is 11.6 Å².